The van der Waals surface area contributed by atoms with Crippen molar-refractivity contribution in [2.45, 2.75) is 45.6 Å². The van der Waals surface area contributed by atoms with Gasteiger partial charge in [0.15, 0.2) is 0 Å². The summed E-state index contributed by atoms with van der Waals surface area (Å²) in [6, 6.07) is 1.45. The van der Waals surface area contributed by atoms with Gasteiger partial charge in [0.05, 0.1) is 13.2 Å². The molecule has 1 aromatic heterocycles. The maximum atomic E-state index is 12.1. The molecule has 0 saturated carbocycles. The van der Waals surface area contributed by atoms with Crippen molar-refractivity contribution >= 4 is 11.9 Å². The van der Waals surface area contributed by atoms with E-state index in [1.165, 1.54) is 0 Å². The molecule has 2 rings (SSSR count). The van der Waals surface area contributed by atoms with Crippen LogP contribution in [0.25, 0.3) is 0 Å². The van der Waals surface area contributed by atoms with Crippen molar-refractivity contribution in [2.24, 2.45) is 0 Å². The van der Waals surface area contributed by atoms with E-state index in [0.29, 0.717) is 25.0 Å². The second-order valence-corrected chi connectivity index (χ2v) is 5.00. The maximum absolute atomic E-state index is 12.1. The van der Waals surface area contributed by atoms with Gasteiger partial charge in [-0.2, -0.15) is 4.98 Å². The highest BCUT2D eigenvalue weighted by Gasteiger charge is 2.31. The number of aromatic nitrogens is 2. The molecule has 0 radical (unpaired) electrons. The van der Waals surface area contributed by atoms with Crippen LogP contribution in [0.5, 0.6) is 5.88 Å². The first-order chi connectivity index (χ1) is 10.3. The summed E-state index contributed by atoms with van der Waals surface area (Å²) in [5.74, 6) is 0.900. The molecule has 2 heterocycles. The van der Waals surface area contributed by atoms with Gasteiger partial charge in [-0.25, -0.2) is 9.78 Å². The fourth-order valence-electron chi connectivity index (χ4n) is 2.41. The Hall–Kier alpha value is -1.85. The Bertz CT molecular complexity index is 467. The van der Waals surface area contributed by atoms with E-state index in [0.717, 1.165) is 32.2 Å². The van der Waals surface area contributed by atoms with Crippen molar-refractivity contribution in [2.75, 3.05) is 24.7 Å². The lowest BCUT2D eigenvalue weighted by Gasteiger charge is -2.33. The SMILES string of the molecule is CCCOc1ccnc(N2CCCCC2C(=O)OCC)n1. The van der Waals surface area contributed by atoms with Gasteiger partial charge in [-0.1, -0.05) is 6.92 Å². The number of hydrogen-bond donors (Lipinski definition) is 0. The van der Waals surface area contributed by atoms with Gasteiger partial charge in [0, 0.05) is 18.8 Å². The summed E-state index contributed by atoms with van der Waals surface area (Å²) in [5.41, 5.74) is 0. The molecule has 0 bridgehead atoms. The highest BCUT2D eigenvalue weighted by atomic mass is 16.5. The number of anilines is 1. The molecule has 116 valence electrons. The van der Waals surface area contributed by atoms with Gasteiger partial charge in [-0.15, -0.1) is 0 Å². The second kappa shape index (κ2) is 7.81. The Morgan fingerprint density at radius 3 is 3.05 bits per heavy atom. The molecule has 21 heavy (non-hydrogen) atoms. The van der Waals surface area contributed by atoms with Crippen LogP contribution >= 0.6 is 0 Å². The fraction of sp³-hybridized carbons (Fsp3) is 0.667. The molecule has 0 N–H and O–H groups in total. The molecule has 0 spiro atoms. The number of carbonyl (C=O) groups is 1. The van der Waals surface area contributed by atoms with Crippen LogP contribution in [0.3, 0.4) is 0 Å². The molecule has 1 atom stereocenters. The average molecular weight is 293 g/mol. The fourth-order valence-corrected chi connectivity index (χ4v) is 2.41. The normalized spacial score (nSPS) is 18.4. The highest BCUT2D eigenvalue weighted by Crippen LogP contribution is 2.24. The summed E-state index contributed by atoms with van der Waals surface area (Å²) in [7, 11) is 0. The van der Waals surface area contributed by atoms with Gasteiger partial charge in [-0.05, 0) is 32.6 Å². The summed E-state index contributed by atoms with van der Waals surface area (Å²) >= 11 is 0. The molecular formula is C15H23N3O3. The number of carbonyl (C=O) groups excluding carboxylic acids is 1. The predicted molar refractivity (Wildman–Crippen MR) is 79.4 cm³/mol. The van der Waals surface area contributed by atoms with Gasteiger partial charge in [-0.3, -0.25) is 0 Å². The zero-order valence-corrected chi connectivity index (χ0v) is 12.7. The van der Waals surface area contributed by atoms with E-state index in [9.17, 15) is 4.79 Å². The number of esters is 1. The van der Waals surface area contributed by atoms with E-state index in [2.05, 4.69) is 9.97 Å². The van der Waals surface area contributed by atoms with Crippen LogP contribution < -0.4 is 9.64 Å². The smallest absolute Gasteiger partial charge is 0.328 e. The number of nitrogens with zero attached hydrogens (tertiary/aromatic N) is 3. The molecule has 0 aromatic carbocycles. The Kier molecular flexibility index (Phi) is 5.78. The third kappa shape index (κ3) is 4.06. The minimum Gasteiger partial charge on any atom is -0.478 e. The molecular weight excluding hydrogens is 270 g/mol. The predicted octanol–water partition coefficient (Wildman–Crippen LogP) is 2.19. The van der Waals surface area contributed by atoms with Crippen molar-refractivity contribution in [1.29, 1.82) is 0 Å². The van der Waals surface area contributed by atoms with Crippen LogP contribution in [-0.4, -0.2) is 41.7 Å². The van der Waals surface area contributed by atoms with Crippen molar-refractivity contribution < 1.29 is 14.3 Å². The van der Waals surface area contributed by atoms with Crippen LogP contribution in [-0.2, 0) is 9.53 Å². The number of piperidine rings is 1. The summed E-state index contributed by atoms with van der Waals surface area (Å²) < 4.78 is 10.7. The molecule has 0 amide bonds. The van der Waals surface area contributed by atoms with Crippen LogP contribution in [0.1, 0.15) is 39.5 Å². The number of hydrogen-bond acceptors (Lipinski definition) is 6. The van der Waals surface area contributed by atoms with Crippen molar-refractivity contribution in [3.63, 3.8) is 0 Å². The van der Waals surface area contributed by atoms with Crippen molar-refractivity contribution in [3.8, 4) is 5.88 Å². The van der Waals surface area contributed by atoms with Crippen LogP contribution in [0.2, 0.25) is 0 Å². The minimum atomic E-state index is -0.292. The van der Waals surface area contributed by atoms with Gasteiger partial charge in [0.2, 0.25) is 11.8 Å². The van der Waals surface area contributed by atoms with Crippen LogP contribution in [0.15, 0.2) is 12.3 Å². The molecule has 0 aliphatic carbocycles. The van der Waals surface area contributed by atoms with E-state index >= 15 is 0 Å². The molecule has 6 nitrogen and oxygen atoms in total. The van der Waals surface area contributed by atoms with Crippen molar-refractivity contribution in [3.05, 3.63) is 12.3 Å². The highest BCUT2D eigenvalue weighted by molar-refractivity contribution is 5.79. The lowest BCUT2D eigenvalue weighted by atomic mass is 10.0. The Labute approximate surface area is 125 Å². The first kappa shape index (κ1) is 15.5. The molecule has 6 heteroatoms. The summed E-state index contributed by atoms with van der Waals surface area (Å²) in [6.07, 6.45) is 5.42. The maximum Gasteiger partial charge on any atom is 0.328 e. The molecule has 1 saturated heterocycles. The molecule has 1 aromatic rings. The minimum absolute atomic E-state index is 0.194. The average Bonchev–Trinajstić information content (AvgIpc) is 2.53. The molecule has 1 aliphatic rings. The largest absolute Gasteiger partial charge is 0.478 e. The second-order valence-electron chi connectivity index (χ2n) is 5.00. The summed E-state index contributed by atoms with van der Waals surface area (Å²) in [6.45, 7) is 5.65. The van der Waals surface area contributed by atoms with Gasteiger partial charge >= 0.3 is 5.97 Å². The van der Waals surface area contributed by atoms with E-state index in [1.54, 1.807) is 12.3 Å². The van der Waals surface area contributed by atoms with E-state index in [-0.39, 0.29) is 12.0 Å². The molecule has 1 aliphatic heterocycles. The topological polar surface area (TPSA) is 64.5 Å². The quantitative estimate of drug-likeness (QED) is 0.749. The summed E-state index contributed by atoms with van der Waals surface area (Å²) in [5, 5.41) is 0. The lowest BCUT2D eigenvalue weighted by Crippen LogP contribution is -2.46. The summed E-state index contributed by atoms with van der Waals surface area (Å²) in [4.78, 5) is 22.7. The number of rotatable bonds is 6. The zero-order valence-electron chi connectivity index (χ0n) is 12.7. The van der Waals surface area contributed by atoms with Crippen LogP contribution in [0.4, 0.5) is 5.95 Å². The molecule has 1 fully saturated rings. The van der Waals surface area contributed by atoms with Crippen LogP contribution in [0, 0.1) is 0 Å². The monoisotopic (exact) mass is 293 g/mol. The lowest BCUT2D eigenvalue weighted by molar-refractivity contribution is -0.145. The van der Waals surface area contributed by atoms with E-state index in [1.807, 2.05) is 18.7 Å². The molecule has 1 unspecified atom stereocenters. The third-order valence-electron chi connectivity index (χ3n) is 3.39. The number of ether oxygens (including phenoxy) is 2. The van der Waals surface area contributed by atoms with E-state index < -0.39 is 0 Å². The van der Waals surface area contributed by atoms with Gasteiger partial charge in [0.1, 0.15) is 6.04 Å². The first-order valence-electron chi connectivity index (χ1n) is 7.65. The Balaban J connectivity index is 2.14. The first-order valence-corrected chi connectivity index (χ1v) is 7.65. The Morgan fingerprint density at radius 2 is 2.29 bits per heavy atom. The van der Waals surface area contributed by atoms with Crippen molar-refractivity contribution in [1.82, 2.24) is 9.97 Å². The Morgan fingerprint density at radius 1 is 1.43 bits per heavy atom. The standard InChI is InChI=1S/C15H23N3O3/c1-3-11-21-13-8-9-16-15(17-13)18-10-6-5-7-12(18)14(19)20-4-2/h8-9,12H,3-7,10-11H2,1-2H3. The van der Waals surface area contributed by atoms with Gasteiger partial charge in [0.25, 0.3) is 0 Å². The third-order valence-corrected chi connectivity index (χ3v) is 3.39. The zero-order chi connectivity index (χ0) is 15.1. The van der Waals surface area contributed by atoms with E-state index in [4.69, 9.17) is 9.47 Å². The van der Waals surface area contributed by atoms with Gasteiger partial charge < -0.3 is 14.4 Å².